The second-order valence-electron chi connectivity index (χ2n) is 6.81. The Morgan fingerprint density at radius 2 is 2.08 bits per heavy atom. The number of halogens is 1. The van der Waals surface area contributed by atoms with Gasteiger partial charge in [0.2, 0.25) is 5.91 Å². The Balaban J connectivity index is 1.41. The Bertz CT molecular complexity index is 932. The Kier molecular flexibility index (Phi) is 4.67. The number of carbonyl (C=O) groups excluding carboxylic acids is 1. The Morgan fingerprint density at radius 3 is 2.88 bits per heavy atom. The standard InChI is InChI=1S/C20H21FN4O/c21-16-4-2-1-3-14(16)9-19-24-17-8-7-15(10-18(17)25-19)23-20(26)12-22-11-13-5-6-13/h1-4,7-8,10,13,22H,5-6,9,11-12H2,(H,23,26)(H,24,25). The number of amides is 1. The molecule has 3 N–H and O–H groups in total. The molecule has 0 atom stereocenters. The molecule has 5 nitrogen and oxygen atoms in total. The minimum atomic E-state index is -0.236. The van der Waals surface area contributed by atoms with Gasteiger partial charge in [-0.25, -0.2) is 9.37 Å². The van der Waals surface area contributed by atoms with Gasteiger partial charge in [-0.1, -0.05) is 18.2 Å². The minimum Gasteiger partial charge on any atom is -0.342 e. The first-order valence-electron chi connectivity index (χ1n) is 8.90. The van der Waals surface area contributed by atoms with Crippen LogP contribution in [-0.2, 0) is 11.2 Å². The van der Waals surface area contributed by atoms with E-state index in [2.05, 4.69) is 20.6 Å². The number of hydrogen-bond acceptors (Lipinski definition) is 3. The zero-order valence-electron chi connectivity index (χ0n) is 14.4. The summed E-state index contributed by atoms with van der Waals surface area (Å²) in [6.45, 7) is 1.22. The van der Waals surface area contributed by atoms with E-state index in [1.165, 1.54) is 18.9 Å². The van der Waals surface area contributed by atoms with Crippen molar-refractivity contribution in [2.45, 2.75) is 19.3 Å². The molecule has 3 aromatic rings. The number of nitrogens with zero attached hydrogens (tertiary/aromatic N) is 1. The average Bonchev–Trinajstić information content (AvgIpc) is 3.35. The van der Waals surface area contributed by atoms with Gasteiger partial charge in [-0.2, -0.15) is 0 Å². The van der Waals surface area contributed by atoms with Crippen LogP contribution < -0.4 is 10.6 Å². The smallest absolute Gasteiger partial charge is 0.238 e. The summed E-state index contributed by atoms with van der Waals surface area (Å²) in [4.78, 5) is 19.7. The number of nitrogens with one attached hydrogen (secondary N) is 3. The molecule has 1 fully saturated rings. The number of anilines is 1. The molecule has 0 spiro atoms. The van der Waals surface area contributed by atoms with Gasteiger partial charge in [0.05, 0.1) is 17.6 Å². The van der Waals surface area contributed by atoms with E-state index in [9.17, 15) is 9.18 Å². The Labute approximate surface area is 151 Å². The van der Waals surface area contributed by atoms with Crippen LogP contribution in [0.5, 0.6) is 0 Å². The average molecular weight is 352 g/mol. The number of aromatic amines is 1. The van der Waals surface area contributed by atoms with Gasteiger partial charge in [-0.15, -0.1) is 0 Å². The maximum Gasteiger partial charge on any atom is 0.238 e. The molecule has 2 aromatic carbocycles. The Morgan fingerprint density at radius 1 is 1.23 bits per heavy atom. The van der Waals surface area contributed by atoms with E-state index in [1.54, 1.807) is 12.1 Å². The predicted molar refractivity (Wildman–Crippen MR) is 99.5 cm³/mol. The highest BCUT2D eigenvalue weighted by atomic mass is 19.1. The lowest BCUT2D eigenvalue weighted by Gasteiger charge is -2.06. The summed E-state index contributed by atoms with van der Waals surface area (Å²) < 4.78 is 13.8. The lowest BCUT2D eigenvalue weighted by Crippen LogP contribution is -2.29. The maximum absolute atomic E-state index is 13.8. The number of aromatic nitrogens is 2. The number of carbonyl (C=O) groups is 1. The molecule has 0 unspecified atom stereocenters. The van der Waals surface area contributed by atoms with Crippen molar-refractivity contribution in [2.75, 3.05) is 18.4 Å². The van der Waals surface area contributed by atoms with E-state index in [4.69, 9.17) is 0 Å². The summed E-state index contributed by atoms with van der Waals surface area (Å²) in [7, 11) is 0. The first kappa shape index (κ1) is 16.7. The van der Waals surface area contributed by atoms with Crippen LogP contribution in [0.1, 0.15) is 24.2 Å². The molecule has 1 saturated carbocycles. The molecule has 0 aliphatic heterocycles. The van der Waals surface area contributed by atoms with Crippen molar-refractivity contribution in [3.63, 3.8) is 0 Å². The highest BCUT2D eigenvalue weighted by molar-refractivity contribution is 5.94. The van der Waals surface area contributed by atoms with Crippen molar-refractivity contribution in [2.24, 2.45) is 5.92 Å². The fourth-order valence-corrected chi connectivity index (χ4v) is 2.96. The van der Waals surface area contributed by atoms with E-state index >= 15 is 0 Å². The molecule has 0 saturated heterocycles. The maximum atomic E-state index is 13.8. The van der Waals surface area contributed by atoms with Crippen LogP contribution in [0.15, 0.2) is 42.5 Å². The second kappa shape index (κ2) is 7.25. The second-order valence-corrected chi connectivity index (χ2v) is 6.81. The molecule has 26 heavy (non-hydrogen) atoms. The molecule has 0 radical (unpaired) electrons. The van der Waals surface area contributed by atoms with Gasteiger partial charge in [0, 0.05) is 12.1 Å². The molecule has 1 heterocycles. The molecule has 134 valence electrons. The molecule has 1 amide bonds. The SMILES string of the molecule is O=C(CNCC1CC1)Nc1ccc2nc(Cc3ccccc3F)[nH]c2c1. The largest absolute Gasteiger partial charge is 0.342 e. The highest BCUT2D eigenvalue weighted by Crippen LogP contribution is 2.27. The number of hydrogen-bond donors (Lipinski definition) is 3. The number of rotatable bonds is 7. The van der Waals surface area contributed by atoms with Crippen LogP contribution in [0.25, 0.3) is 11.0 Å². The van der Waals surface area contributed by atoms with Crippen LogP contribution in [0.3, 0.4) is 0 Å². The van der Waals surface area contributed by atoms with Gasteiger partial charge < -0.3 is 15.6 Å². The summed E-state index contributed by atoms with van der Waals surface area (Å²) >= 11 is 0. The topological polar surface area (TPSA) is 69.8 Å². The summed E-state index contributed by atoms with van der Waals surface area (Å²) in [5, 5.41) is 6.06. The summed E-state index contributed by atoms with van der Waals surface area (Å²) in [6.07, 6.45) is 2.93. The normalized spacial score (nSPS) is 13.9. The third-order valence-corrected chi connectivity index (χ3v) is 4.55. The van der Waals surface area contributed by atoms with Crippen LogP contribution in [-0.4, -0.2) is 29.0 Å². The van der Waals surface area contributed by atoms with Crippen molar-refractivity contribution in [1.82, 2.24) is 15.3 Å². The van der Waals surface area contributed by atoms with Crippen LogP contribution >= 0.6 is 0 Å². The lowest BCUT2D eigenvalue weighted by atomic mass is 10.1. The van der Waals surface area contributed by atoms with Gasteiger partial charge in [-0.3, -0.25) is 4.79 Å². The molecule has 1 aromatic heterocycles. The van der Waals surface area contributed by atoms with Gasteiger partial charge in [0.15, 0.2) is 0 Å². The van der Waals surface area contributed by atoms with E-state index in [1.807, 2.05) is 24.3 Å². The third kappa shape index (κ3) is 4.08. The molecular weight excluding hydrogens is 331 g/mol. The Hall–Kier alpha value is -2.73. The quantitative estimate of drug-likeness (QED) is 0.611. The van der Waals surface area contributed by atoms with Crippen molar-refractivity contribution >= 4 is 22.6 Å². The first-order chi connectivity index (χ1) is 12.7. The van der Waals surface area contributed by atoms with Crippen molar-refractivity contribution in [1.29, 1.82) is 0 Å². The highest BCUT2D eigenvalue weighted by Gasteiger charge is 2.20. The predicted octanol–water partition coefficient (Wildman–Crippen LogP) is 3.23. The summed E-state index contributed by atoms with van der Waals surface area (Å²) in [5.41, 5.74) is 2.93. The zero-order valence-corrected chi connectivity index (χ0v) is 14.4. The van der Waals surface area contributed by atoms with Gasteiger partial charge in [0.1, 0.15) is 11.6 Å². The van der Waals surface area contributed by atoms with Crippen molar-refractivity contribution in [3.05, 3.63) is 59.7 Å². The monoisotopic (exact) mass is 352 g/mol. The zero-order chi connectivity index (χ0) is 17.9. The number of H-pyrrole nitrogens is 1. The van der Waals surface area contributed by atoms with Crippen molar-refractivity contribution in [3.8, 4) is 0 Å². The van der Waals surface area contributed by atoms with Crippen LogP contribution in [0.2, 0.25) is 0 Å². The molecule has 1 aliphatic carbocycles. The first-order valence-corrected chi connectivity index (χ1v) is 8.90. The number of benzene rings is 2. The van der Waals surface area contributed by atoms with Gasteiger partial charge in [0.25, 0.3) is 0 Å². The van der Waals surface area contributed by atoms with E-state index in [0.717, 1.165) is 29.2 Å². The van der Waals surface area contributed by atoms with E-state index < -0.39 is 0 Å². The fraction of sp³-hybridized carbons (Fsp3) is 0.300. The van der Waals surface area contributed by atoms with Gasteiger partial charge >= 0.3 is 0 Å². The third-order valence-electron chi connectivity index (χ3n) is 4.55. The summed E-state index contributed by atoms with van der Waals surface area (Å²) in [6, 6.07) is 12.2. The van der Waals surface area contributed by atoms with Crippen molar-refractivity contribution < 1.29 is 9.18 Å². The lowest BCUT2D eigenvalue weighted by molar-refractivity contribution is -0.115. The minimum absolute atomic E-state index is 0.0592. The molecular formula is C20H21FN4O. The number of imidazole rings is 1. The van der Waals surface area contributed by atoms with Crippen LogP contribution in [0, 0.1) is 11.7 Å². The fourth-order valence-electron chi connectivity index (χ4n) is 2.96. The molecule has 0 bridgehead atoms. The number of fused-ring (bicyclic) bond motifs is 1. The summed E-state index contributed by atoms with van der Waals surface area (Å²) in [5.74, 6) is 1.15. The molecule has 6 heteroatoms. The molecule has 4 rings (SSSR count). The molecule has 1 aliphatic rings. The van der Waals surface area contributed by atoms with Crippen LogP contribution in [0.4, 0.5) is 10.1 Å². The van der Waals surface area contributed by atoms with E-state index in [0.29, 0.717) is 24.4 Å². The van der Waals surface area contributed by atoms with Gasteiger partial charge in [-0.05, 0) is 55.1 Å². The van der Waals surface area contributed by atoms with E-state index in [-0.39, 0.29) is 11.7 Å².